The molecule has 3 rings (SSSR count). The van der Waals surface area contributed by atoms with E-state index < -0.39 is 0 Å². The van der Waals surface area contributed by atoms with Gasteiger partial charge in [0.1, 0.15) is 0 Å². The maximum Gasteiger partial charge on any atom is -0.00275 e. The molecule has 0 unspecified atom stereocenters. The van der Waals surface area contributed by atoms with Crippen molar-refractivity contribution >= 4 is 16.3 Å². The summed E-state index contributed by atoms with van der Waals surface area (Å²) in [6.45, 7) is 8.56. The van der Waals surface area contributed by atoms with Gasteiger partial charge in [0, 0.05) is 0 Å². The normalized spacial score (nSPS) is 12.2. The molecule has 0 fully saturated rings. The Hall–Kier alpha value is -2.60. The van der Waals surface area contributed by atoms with Gasteiger partial charge in [-0.25, -0.2) is 0 Å². The summed E-state index contributed by atoms with van der Waals surface area (Å²) >= 11 is 0. The van der Waals surface area contributed by atoms with E-state index in [1.807, 2.05) is 0 Å². The average molecular weight is 312 g/mol. The SMILES string of the molecule is C/C=C/C=C(\C)c1cccc2c(C)ccc(-c3ccc(C)cc3)c12. The summed E-state index contributed by atoms with van der Waals surface area (Å²) in [6, 6.07) is 19.9. The molecule has 0 aliphatic rings. The summed E-state index contributed by atoms with van der Waals surface area (Å²) in [7, 11) is 0. The van der Waals surface area contributed by atoms with Gasteiger partial charge in [0.25, 0.3) is 0 Å². The largest absolute Gasteiger partial charge is 0.0877 e. The molecule has 0 aromatic heterocycles. The highest BCUT2D eigenvalue weighted by molar-refractivity contribution is 6.05. The van der Waals surface area contributed by atoms with Crippen LogP contribution in [0.5, 0.6) is 0 Å². The molecular weight excluding hydrogens is 288 g/mol. The van der Waals surface area contributed by atoms with Crippen molar-refractivity contribution in [2.75, 3.05) is 0 Å². The van der Waals surface area contributed by atoms with Crippen LogP contribution in [0.15, 0.2) is 72.8 Å². The first-order valence-electron chi connectivity index (χ1n) is 8.51. The molecule has 0 aliphatic heterocycles. The van der Waals surface area contributed by atoms with Crippen LogP contribution in [0.2, 0.25) is 0 Å². The summed E-state index contributed by atoms with van der Waals surface area (Å²) in [6.07, 6.45) is 6.37. The smallest absolute Gasteiger partial charge is 0.00275 e. The van der Waals surface area contributed by atoms with E-state index in [0.717, 1.165) is 0 Å². The second-order valence-electron chi connectivity index (χ2n) is 6.40. The lowest BCUT2D eigenvalue weighted by Gasteiger charge is -2.14. The van der Waals surface area contributed by atoms with E-state index in [1.54, 1.807) is 0 Å². The van der Waals surface area contributed by atoms with Crippen LogP contribution in [-0.2, 0) is 0 Å². The predicted molar refractivity (Wildman–Crippen MR) is 107 cm³/mol. The van der Waals surface area contributed by atoms with Crippen LogP contribution in [-0.4, -0.2) is 0 Å². The molecule has 120 valence electrons. The van der Waals surface area contributed by atoms with Crippen molar-refractivity contribution in [1.29, 1.82) is 0 Å². The van der Waals surface area contributed by atoms with Crippen molar-refractivity contribution in [2.45, 2.75) is 27.7 Å². The molecule has 0 bridgehead atoms. The number of hydrogen-bond acceptors (Lipinski definition) is 0. The van der Waals surface area contributed by atoms with Gasteiger partial charge in [-0.2, -0.15) is 0 Å². The first kappa shape index (κ1) is 16.3. The second-order valence-corrected chi connectivity index (χ2v) is 6.40. The fraction of sp³-hybridized carbons (Fsp3) is 0.167. The van der Waals surface area contributed by atoms with Gasteiger partial charge in [-0.15, -0.1) is 0 Å². The van der Waals surface area contributed by atoms with E-state index >= 15 is 0 Å². The molecule has 0 saturated carbocycles. The topological polar surface area (TPSA) is 0 Å². The van der Waals surface area contributed by atoms with Gasteiger partial charge in [-0.1, -0.05) is 78.4 Å². The zero-order valence-corrected chi connectivity index (χ0v) is 14.9. The first-order chi connectivity index (χ1) is 11.6. The Morgan fingerprint density at radius 3 is 2.33 bits per heavy atom. The number of aryl methyl sites for hydroxylation is 2. The van der Waals surface area contributed by atoms with Gasteiger partial charge >= 0.3 is 0 Å². The summed E-state index contributed by atoms with van der Waals surface area (Å²) in [4.78, 5) is 0. The highest BCUT2D eigenvalue weighted by Crippen LogP contribution is 2.36. The van der Waals surface area contributed by atoms with Crippen molar-refractivity contribution in [3.8, 4) is 11.1 Å². The second kappa shape index (κ2) is 6.88. The Bertz CT molecular complexity index is 922. The fourth-order valence-electron chi connectivity index (χ4n) is 3.19. The molecule has 3 aromatic carbocycles. The molecule has 3 aromatic rings. The van der Waals surface area contributed by atoms with Gasteiger partial charge in [0.05, 0.1) is 0 Å². The minimum atomic E-state index is 1.27. The minimum absolute atomic E-state index is 1.27. The average Bonchev–Trinajstić information content (AvgIpc) is 2.61. The molecule has 0 spiro atoms. The third-order valence-corrected chi connectivity index (χ3v) is 4.58. The zero-order chi connectivity index (χ0) is 17.1. The number of rotatable bonds is 3. The first-order valence-corrected chi connectivity index (χ1v) is 8.51. The summed E-state index contributed by atoms with van der Waals surface area (Å²) in [5.41, 5.74) is 7.79. The van der Waals surface area contributed by atoms with E-state index in [4.69, 9.17) is 0 Å². The molecule has 0 heterocycles. The molecule has 0 amide bonds. The van der Waals surface area contributed by atoms with Crippen molar-refractivity contribution in [1.82, 2.24) is 0 Å². The van der Waals surface area contributed by atoms with Crippen LogP contribution in [0.1, 0.15) is 30.5 Å². The number of hydrogen-bond donors (Lipinski definition) is 0. The maximum atomic E-state index is 2.26. The Balaban J connectivity index is 2.34. The third-order valence-electron chi connectivity index (χ3n) is 4.58. The van der Waals surface area contributed by atoms with Crippen LogP contribution in [0.3, 0.4) is 0 Å². The quantitative estimate of drug-likeness (QED) is 0.452. The fourth-order valence-corrected chi connectivity index (χ4v) is 3.19. The van der Waals surface area contributed by atoms with E-state index in [-0.39, 0.29) is 0 Å². The molecule has 0 aliphatic carbocycles. The maximum absolute atomic E-state index is 2.26. The summed E-state index contributed by atoms with van der Waals surface area (Å²) in [5, 5.41) is 2.68. The van der Waals surface area contributed by atoms with Crippen LogP contribution < -0.4 is 0 Å². The Morgan fingerprint density at radius 1 is 0.875 bits per heavy atom. The van der Waals surface area contributed by atoms with Gasteiger partial charge in [0.2, 0.25) is 0 Å². The van der Waals surface area contributed by atoms with Crippen LogP contribution >= 0.6 is 0 Å². The lowest BCUT2D eigenvalue weighted by atomic mass is 9.89. The lowest BCUT2D eigenvalue weighted by molar-refractivity contribution is 1.46. The number of benzene rings is 3. The monoisotopic (exact) mass is 312 g/mol. The van der Waals surface area contributed by atoms with E-state index in [2.05, 4.69) is 101 Å². The van der Waals surface area contributed by atoms with E-state index in [1.165, 1.54) is 44.2 Å². The van der Waals surface area contributed by atoms with Crippen molar-refractivity contribution in [3.05, 3.63) is 89.5 Å². The standard InChI is InChI=1S/C24H24/c1-5-6-8-18(3)21-9-7-10-22-19(4)13-16-23(24(21)22)20-14-11-17(2)12-15-20/h5-16H,1-4H3/b6-5+,18-8+. The van der Waals surface area contributed by atoms with Crippen molar-refractivity contribution in [3.63, 3.8) is 0 Å². The number of allylic oxidation sites excluding steroid dienone is 4. The van der Waals surface area contributed by atoms with E-state index in [0.29, 0.717) is 0 Å². The molecule has 0 saturated heterocycles. The Labute approximate surface area is 145 Å². The highest BCUT2D eigenvalue weighted by Gasteiger charge is 2.11. The predicted octanol–water partition coefficient (Wildman–Crippen LogP) is 7.10. The molecule has 0 radical (unpaired) electrons. The Kier molecular flexibility index (Phi) is 4.66. The van der Waals surface area contributed by atoms with Crippen molar-refractivity contribution < 1.29 is 0 Å². The summed E-state index contributed by atoms with van der Waals surface area (Å²) in [5.74, 6) is 0. The van der Waals surface area contributed by atoms with Crippen LogP contribution in [0.4, 0.5) is 0 Å². The van der Waals surface area contributed by atoms with E-state index in [9.17, 15) is 0 Å². The molecule has 0 N–H and O–H groups in total. The van der Waals surface area contributed by atoms with Crippen LogP contribution in [0, 0.1) is 13.8 Å². The van der Waals surface area contributed by atoms with Gasteiger partial charge in [0.15, 0.2) is 0 Å². The van der Waals surface area contributed by atoms with Crippen LogP contribution in [0.25, 0.3) is 27.5 Å². The third kappa shape index (κ3) is 3.05. The molecular formula is C24H24. The number of fused-ring (bicyclic) bond motifs is 1. The van der Waals surface area contributed by atoms with Gasteiger partial charge < -0.3 is 0 Å². The summed E-state index contributed by atoms with van der Waals surface area (Å²) < 4.78 is 0. The minimum Gasteiger partial charge on any atom is -0.0877 e. The molecule has 0 nitrogen and oxygen atoms in total. The molecule has 0 heteroatoms. The van der Waals surface area contributed by atoms with Gasteiger partial charge in [-0.05, 0) is 66.3 Å². The molecule has 24 heavy (non-hydrogen) atoms. The van der Waals surface area contributed by atoms with Gasteiger partial charge in [-0.3, -0.25) is 0 Å². The molecule has 0 atom stereocenters. The Morgan fingerprint density at radius 2 is 1.62 bits per heavy atom. The van der Waals surface area contributed by atoms with Crippen molar-refractivity contribution in [2.24, 2.45) is 0 Å². The zero-order valence-electron chi connectivity index (χ0n) is 14.9. The highest BCUT2D eigenvalue weighted by atomic mass is 14.1. The lowest BCUT2D eigenvalue weighted by Crippen LogP contribution is -1.90.